The van der Waals surface area contributed by atoms with Crippen LogP contribution in [0.3, 0.4) is 0 Å². The van der Waals surface area contributed by atoms with E-state index in [4.69, 9.17) is 17.3 Å². The van der Waals surface area contributed by atoms with Crippen molar-refractivity contribution in [2.24, 2.45) is 5.73 Å². The molecule has 0 aliphatic heterocycles. The van der Waals surface area contributed by atoms with Crippen molar-refractivity contribution in [2.75, 3.05) is 6.26 Å². The van der Waals surface area contributed by atoms with E-state index in [1.807, 2.05) is 6.07 Å². The van der Waals surface area contributed by atoms with Gasteiger partial charge in [-0.3, -0.25) is 0 Å². The molecular formula is C18H17Cl2NO4S3. The minimum absolute atomic E-state index is 0. The molecule has 0 aliphatic rings. The second-order valence-electron chi connectivity index (χ2n) is 5.88. The fraction of sp³-hybridized carbons (Fsp3) is 0.111. The van der Waals surface area contributed by atoms with Gasteiger partial charge in [0, 0.05) is 17.7 Å². The molecule has 1 aromatic heterocycles. The van der Waals surface area contributed by atoms with Crippen molar-refractivity contribution < 1.29 is 16.8 Å². The largest absolute Gasteiger partial charge is 0.326 e. The molecule has 2 N–H and O–H groups in total. The molecule has 5 nitrogen and oxygen atoms in total. The molecule has 28 heavy (non-hydrogen) atoms. The number of sulfone groups is 2. The van der Waals surface area contributed by atoms with E-state index in [-0.39, 0.29) is 38.0 Å². The van der Waals surface area contributed by atoms with Crippen molar-refractivity contribution in [1.29, 1.82) is 0 Å². The zero-order chi connectivity index (χ0) is 19.8. The first-order chi connectivity index (χ1) is 12.6. The normalized spacial score (nSPS) is 11.8. The van der Waals surface area contributed by atoms with Crippen LogP contribution in [0.25, 0.3) is 11.1 Å². The summed E-state index contributed by atoms with van der Waals surface area (Å²) >= 11 is 7.02. The summed E-state index contributed by atoms with van der Waals surface area (Å²) in [6.45, 7) is 0.123. The van der Waals surface area contributed by atoms with Crippen molar-refractivity contribution in [3.8, 4) is 11.1 Å². The Morgan fingerprint density at radius 1 is 0.929 bits per heavy atom. The van der Waals surface area contributed by atoms with Crippen molar-refractivity contribution in [1.82, 2.24) is 0 Å². The molecule has 2 aromatic carbocycles. The lowest BCUT2D eigenvalue weighted by Gasteiger charge is -2.09. The summed E-state index contributed by atoms with van der Waals surface area (Å²) in [5.41, 5.74) is 6.79. The van der Waals surface area contributed by atoms with Crippen LogP contribution in [0.1, 0.15) is 4.88 Å². The standard InChI is InChI=1S/C18H16ClNO4S3.ClH/c1-26(21,22)14-7-13(12-5-3-2-4-6-12)8-15(9-14)27(23,24)18-10-16(19)17(11-20)25-18;/h2-10H,11,20H2,1H3;1H. The highest BCUT2D eigenvalue weighted by Gasteiger charge is 2.24. The van der Waals surface area contributed by atoms with Gasteiger partial charge in [0.1, 0.15) is 4.21 Å². The van der Waals surface area contributed by atoms with Gasteiger partial charge in [-0.25, -0.2) is 16.8 Å². The average Bonchev–Trinajstić information content (AvgIpc) is 3.03. The maximum absolute atomic E-state index is 13.1. The van der Waals surface area contributed by atoms with Gasteiger partial charge in [0.15, 0.2) is 9.84 Å². The fourth-order valence-corrected chi connectivity index (χ4v) is 6.46. The zero-order valence-corrected chi connectivity index (χ0v) is 18.6. The molecule has 10 heteroatoms. The second kappa shape index (κ2) is 8.52. The van der Waals surface area contributed by atoms with Crippen LogP contribution in [0, 0.1) is 0 Å². The number of hydrogen-bond donors (Lipinski definition) is 1. The van der Waals surface area contributed by atoms with Gasteiger partial charge in [-0.2, -0.15) is 0 Å². The number of nitrogens with two attached hydrogens (primary N) is 1. The smallest absolute Gasteiger partial charge is 0.216 e. The van der Waals surface area contributed by atoms with Gasteiger partial charge in [-0.1, -0.05) is 41.9 Å². The average molecular weight is 478 g/mol. The van der Waals surface area contributed by atoms with Crippen LogP contribution in [0.5, 0.6) is 0 Å². The van der Waals surface area contributed by atoms with Crippen molar-refractivity contribution >= 4 is 55.0 Å². The van der Waals surface area contributed by atoms with Crippen LogP contribution in [0.4, 0.5) is 0 Å². The molecule has 0 amide bonds. The van der Waals surface area contributed by atoms with E-state index < -0.39 is 19.7 Å². The SMILES string of the molecule is CS(=O)(=O)c1cc(-c2ccccc2)cc(S(=O)(=O)c2cc(Cl)c(CN)s2)c1.Cl. The molecule has 0 radical (unpaired) electrons. The topological polar surface area (TPSA) is 94.3 Å². The van der Waals surface area contributed by atoms with E-state index in [0.717, 1.165) is 17.6 Å². The highest BCUT2D eigenvalue weighted by atomic mass is 35.5. The van der Waals surface area contributed by atoms with Crippen LogP contribution >= 0.6 is 35.3 Å². The Balaban J connectivity index is 0.00000280. The molecule has 3 rings (SSSR count). The predicted molar refractivity (Wildman–Crippen MR) is 115 cm³/mol. The van der Waals surface area contributed by atoms with E-state index >= 15 is 0 Å². The Morgan fingerprint density at radius 2 is 1.54 bits per heavy atom. The number of halogens is 2. The number of hydrogen-bond acceptors (Lipinski definition) is 6. The molecule has 0 fully saturated rings. The Morgan fingerprint density at radius 3 is 2.07 bits per heavy atom. The van der Waals surface area contributed by atoms with Gasteiger partial charge in [0.25, 0.3) is 0 Å². The Hall–Kier alpha value is -1.42. The minimum atomic E-state index is -3.95. The molecule has 0 saturated heterocycles. The number of rotatable bonds is 5. The van der Waals surface area contributed by atoms with Gasteiger partial charge in [0.2, 0.25) is 9.84 Å². The van der Waals surface area contributed by atoms with Crippen LogP contribution < -0.4 is 5.73 Å². The third kappa shape index (κ3) is 4.59. The summed E-state index contributed by atoms with van der Waals surface area (Å²) in [4.78, 5) is 0.382. The Labute approximate surface area is 179 Å². The summed E-state index contributed by atoms with van der Waals surface area (Å²) in [5, 5.41) is 0.281. The molecule has 0 unspecified atom stereocenters. The lowest BCUT2D eigenvalue weighted by atomic mass is 10.1. The van der Waals surface area contributed by atoms with Crippen molar-refractivity contribution in [3.63, 3.8) is 0 Å². The lowest BCUT2D eigenvalue weighted by Crippen LogP contribution is -2.04. The predicted octanol–water partition coefficient (Wildman–Crippen LogP) is 4.19. The van der Waals surface area contributed by atoms with Crippen molar-refractivity contribution in [2.45, 2.75) is 20.5 Å². The summed E-state index contributed by atoms with van der Waals surface area (Å²) in [7, 11) is -7.56. The third-order valence-electron chi connectivity index (χ3n) is 3.91. The van der Waals surface area contributed by atoms with E-state index in [1.54, 1.807) is 24.3 Å². The second-order valence-corrected chi connectivity index (χ2v) is 11.6. The monoisotopic (exact) mass is 477 g/mol. The summed E-state index contributed by atoms with van der Waals surface area (Å²) in [6.07, 6.45) is 1.04. The summed E-state index contributed by atoms with van der Waals surface area (Å²) in [6, 6.07) is 14.4. The third-order valence-corrected chi connectivity index (χ3v) is 8.82. The van der Waals surface area contributed by atoms with Gasteiger partial charge < -0.3 is 5.73 Å². The molecule has 0 aliphatic carbocycles. The molecule has 1 heterocycles. The van der Waals surface area contributed by atoms with E-state index in [1.165, 1.54) is 24.3 Å². The quantitative estimate of drug-likeness (QED) is 0.594. The molecule has 0 atom stereocenters. The van der Waals surface area contributed by atoms with Crippen LogP contribution in [0.2, 0.25) is 5.02 Å². The first-order valence-electron chi connectivity index (χ1n) is 7.77. The van der Waals surface area contributed by atoms with Gasteiger partial charge in [0.05, 0.1) is 14.8 Å². The first kappa shape index (κ1) is 22.9. The molecule has 0 bridgehead atoms. The molecule has 150 valence electrons. The molecule has 0 saturated carbocycles. The van der Waals surface area contributed by atoms with Gasteiger partial charge >= 0.3 is 0 Å². The highest BCUT2D eigenvalue weighted by molar-refractivity contribution is 7.93. The number of benzene rings is 2. The Bertz CT molecular complexity index is 1200. The fourth-order valence-electron chi connectivity index (χ4n) is 2.51. The van der Waals surface area contributed by atoms with Gasteiger partial charge in [-0.05, 0) is 35.4 Å². The van der Waals surface area contributed by atoms with Gasteiger partial charge in [-0.15, -0.1) is 23.7 Å². The van der Waals surface area contributed by atoms with Crippen LogP contribution in [-0.4, -0.2) is 23.1 Å². The van der Waals surface area contributed by atoms with Crippen molar-refractivity contribution in [3.05, 3.63) is 64.5 Å². The molecular weight excluding hydrogens is 461 g/mol. The maximum atomic E-state index is 13.1. The maximum Gasteiger partial charge on any atom is 0.216 e. The van der Waals surface area contributed by atoms with E-state index in [0.29, 0.717) is 16.0 Å². The lowest BCUT2D eigenvalue weighted by molar-refractivity contribution is 0.597. The molecule has 3 aromatic rings. The molecule has 0 spiro atoms. The summed E-state index contributed by atoms with van der Waals surface area (Å²) < 4.78 is 50.4. The minimum Gasteiger partial charge on any atom is -0.326 e. The Kier molecular flexibility index (Phi) is 6.96. The van der Waals surface area contributed by atoms with Crippen LogP contribution in [-0.2, 0) is 26.2 Å². The first-order valence-corrected chi connectivity index (χ1v) is 12.3. The highest BCUT2D eigenvalue weighted by Crippen LogP contribution is 2.35. The van der Waals surface area contributed by atoms with E-state index in [2.05, 4.69) is 0 Å². The van der Waals surface area contributed by atoms with Crippen LogP contribution in [0.15, 0.2) is 68.6 Å². The summed E-state index contributed by atoms with van der Waals surface area (Å²) in [5.74, 6) is 0. The van der Waals surface area contributed by atoms with E-state index in [9.17, 15) is 16.8 Å². The number of thiophene rings is 1. The zero-order valence-electron chi connectivity index (χ0n) is 14.6.